The second-order valence-electron chi connectivity index (χ2n) is 8.43. The number of halogens is 6. The van der Waals surface area contributed by atoms with Crippen LogP contribution in [0.15, 0.2) is 24.3 Å². The lowest BCUT2D eigenvalue weighted by Crippen LogP contribution is -2.50. The highest BCUT2D eigenvalue weighted by Crippen LogP contribution is 2.37. The summed E-state index contributed by atoms with van der Waals surface area (Å²) < 4.78 is 83.9. The van der Waals surface area contributed by atoms with Crippen molar-refractivity contribution in [1.29, 1.82) is 0 Å². The molecule has 0 aliphatic carbocycles. The van der Waals surface area contributed by atoms with Crippen LogP contribution >= 0.6 is 0 Å². The normalized spacial score (nSPS) is 17.4. The zero-order chi connectivity index (χ0) is 26.1. The topological polar surface area (TPSA) is 73.8 Å². The molecule has 1 aromatic heterocycles. The molecule has 2 amide bonds. The first-order valence-corrected chi connectivity index (χ1v) is 11.2. The van der Waals surface area contributed by atoms with Gasteiger partial charge in [-0.05, 0) is 25.1 Å². The number of nitrogens with zero attached hydrogens (tertiary/aromatic N) is 5. The minimum Gasteiger partial charge on any atom is -0.378 e. The highest BCUT2D eigenvalue weighted by molar-refractivity contribution is 5.89. The van der Waals surface area contributed by atoms with Crippen LogP contribution in [0.4, 0.5) is 48.5 Å². The molecule has 0 spiro atoms. The Balaban J connectivity index is 1.42. The lowest BCUT2D eigenvalue weighted by atomic mass is 10.1. The molecule has 2 aromatic rings. The smallest absolute Gasteiger partial charge is 0.378 e. The first-order chi connectivity index (χ1) is 16.9. The van der Waals surface area contributed by atoms with E-state index in [9.17, 15) is 31.1 Å². The van der Waals surface area contributed by atoms with E-state index in [1.54, 1.807) is 6.92 Å². The summed E-state index contributed by atoms with van der Waals surface area (Å²) in [7, 11) is 0. The van der Waals surface area contributed by atoms with Gasteiger partial charge in [0.2, 0.25) is 0 Å². The first kappa shape index (κ1) is 25.8. The molecule has 2 fully saturated rings. The molecule has 0 radical (unpaired) electrons. The van der Waals surface area contributed by atoms with Crippen molar-refractivity contribution in [3.8, 4) is 0 Å². The number of aromatic nitrogens is 2. The molecule has 1 N–H and O–H groups in total. The standard InChI is InChI=1S/C22H24F6N6O2/c1-14-29-18(13-19(30-14)33-6-8-36-9-7-33)32-2-4-34(5-3-32)20(35)31-17-11-15(21(23,24)25)10-16(12-17)22(26,27)28/h10-13H,2-9H2,1H3,(H,31,35). The highest BCUT2D eigenvalue weighted by Gasteiger charge is 2.37. The molecule has 2 aliphatic heterocycles. The monoisotopic (exact) mass is 518 g/mol. The van der Waals surface area contributed by atoms with Gasteiger partial charge < -0.3 is 24.8 Å². The molecular weight excluding hydrogens is 494 g/mol. The van der Waals surface area contributed by atoms with E-state index in [2.05, 4.69) is 20.2 Å². The van der Waals surface area contributed by atoms with E-state index in [0.717, 1.165) is 5.82 Å². The third-order valence-electron chi connectivity index (χ3n) is 5.88. The van der Waals surface area contributed by atoms with E-state index in [1.807, 2.05) is 11.0 Å². The number of rotatable bonds is 3. The zero-order valence-electron chi connectivity index (χ0n) is 19.3. The Labute approximate surface area is 202 Å². The molecule has 0 saturated carbocycles. The number of benzene rings is 1. The van der Waals surface area contributed by atoms with Crippen molar-refractivity contribution in [3.05, 3.63) is 41.2 Å². The van der Waals surface area contributed by atoms with Gasteiger partial charge in [0, 0.05) is 51.0 Å². The largest absolute Gasteiger partial charge is 0.416 e. The number of nitrogens with one attached hydrogen (secondary N) is 1. The van der Waals surface area contributed by atoms with Gasteiger partial charge in [-0.2, -0.15) is 26.3 Å². The van der Waals surface area contributed by atoms with Gasteiger partial charge in [-0.1, -0.05) is 0 Å². The van der Waals surface area contributed by atoms with Gasteiger partial charge in [-0.15, -0.1) is 0 Å². The molecule has 0 bridgehead atoms. The molecule has 8 nitrogen and oxygen atoms in total. The Hall–Kier alpha value is -3.29. The second kappa shape index (κ2) is 9.99. The number of anilines is 3. The van der Waals surface area contributed by atoms with Crippen LogP contribution in [-0.4, -0.2) is 73.4 Å². The SMILES string of the molecule is Cc1nc(N2CCOCC2)cc(N2CCN(C(=O)Nc3cc(C(F)(F)F)cc(C(F)(F)F)c3)CC2)n1. The summed E-state index contributed by atoms with van der Waals surface area (Å²) in [6.45, 7) is 5.54. The van der Waals surface area contributed by atoms with Crippen molar-refractivity contribution in [2.24, 2.45) is 0 Å². The molecular formula is C22H24F6N6O2. The van der Waals surface area contributed by atoms with Crippen molar-refractivity contribution < 1.29 is 35.9 Å². The molecule has 2 saturated heterocycles. The summed E-state index contributed by atoms with van der Waals surface area (Å²) >= 11 is 0. The van der Waals surface area contributed by atoms with Crippen LogP contribution in [0.1, 0.15) is 17.0 Å². The number of aryl methyl sites for hydroxylation is 1. The van der Waals surface area contributed by atoms with Crippen molar-refractivity contribution in [1.82, 2.24) is 14.9 Å². The minimum absolute atomic E-state index is 0.0172. The Morgan fingerprint density at radius 3 is 1.81 bits per heavy atom. The van der Waals surface area contributed by atoms with Crippen molar-refractivity contribution in [2.45, 2.75) is 19.3 Å². The number of ether oxygens (including phenoxy) is 1. The number of hydrogen-bond donors (Lipinski definition) is 1. The van der Waals surface area contributed by atoms with Crippen LogP contribution in [0, 0.1) is 6.92 Å². The summed E-state index contributed by atoms with van der Waals surface area (Å²) in [4.78, 5) is 27.0. The average molecular weight is 518 g/mol. The van der Waals surface area contributed by atoms with E-state index >= 15 is 0 Å². The number of carbonyl (C=O) groups is 1. The summed E-state index contributed by atoms with van der Waals surface area (Å²) in [6.07, 6.45) is -10.00. The summed E-state index contributed by atoms with van der Waals surface area (Å²) in [5.74, 6) is 2.03. The van der Waals surface area contributed by atoms with Crippen LogP contribution in [0.25, 0.3) is 0 Å². The van der Waals surface area contributed by atoms with Crippen LogP contribution in [0.3, 0.4) is 0 Å². The third-order valence-corrected chi connectivity index (χ3v) is 5.88. The van der Waals surface area contributed by atoms with E-state index in [4.69, 9.17) is 4.74 Å². The predicted molar refractivity (Wildman–Crippen MR) is 119 cm³/mol. The Bertz CT molecular complexity index is 1060. The molecule has 196 valence electrons. The molecule has 14 heteroatoms. The number of amides is 2. The lowest BCUT2D eigenvalue weighted by molar-refractivity contribution is -0.143. The van der Waals surface area contributed by atoms with Gasteiger partial charge in [0.05, 0.1) is 24.3 Å². The quantitative estimate of drug-likeness (QED) is 0.620. The second-order valence-corrected chi connectivity index (χ2v) is 8.43. The van der Waals surface area contributed by atoms with Gasteiger partial charge in [-0.3, -0.25) is 0 Å². The molecule has 3 heterocycles. The Morgan fingerprint density at radius 1 is 0.806 bits per heavy atom. The third kappa shape index (κ3) is 6.09. The fraction of sp³-hybridized carbons (Fsp3) is 0.500. The summed E-state index contributed by atoms with van der Waals surface area (Å²) in [5, 5.41) is 2.18. The molecule has 0 atom stereocenters. The van der Waals surface area contributed by atoms with Crippen LogP contribution < -0.4 is 15.1 Å². The fourth-order valence-electron chi connectivity index (χ4n) is 4.02. The molecule has 1 aromatic carbocycles. The Morgan fingerprint density at radius 2 is 1.31 bits per heavy atom. The van der Waals surface area contributed by atoms with E-state index < -0.39 is 35.2 Å². The maximum atomic E-state index is 13.1. The summed E-state index contributed by atoms with van der Waals surface area (Å²) in [6, 6.07) is 2.06. The van der Waals surface area contributed by atoms with E-state index in [1.165, 1.54) is 4.90 Å². The first-order valence-electron chi connectivity index (χ1n) is 11.2. The van der Waals surface area contributed by atoms with Gasteiger partial charge >= 0.3 is 18.4 Å². The van der Waals surface area contributed by atoms with Crippen molar-refractivity contribution in [3.63, 3.8) is 0 Å². The number of carbonyl (C=O) groups excluding carboxylic acids is 1. The lowest BCUT2D eigenvalue weighted by Gasteiger charge is -2.36. The predicted octanol–water partition coefficient (Wildman–Crippen LogP) is 4.01. The molecule has 36 heavy (non-hydrogen) atoms. The van der Waals surface area contributed by atoms with E-state index in [0.29, 0.717) is 63.2 Å². The fourth-order valence-corrected chi connectivity index (χ4v) is 4.02. The molecule has 2 aliphatic rings. The Kier molecular flexibility index (Phi) is 7.16. The van der Waals surface area contributed by atoms with Crippen LogP contribution in [0.2, 0.25) is 0 Å². The molecule has 4 rings (SSSR count). The molecule has 0 unspecified atom stereocenters. The van der Waals surface area contributed by atoms with Gasteiger partial charge in [0.15, 0.2) is 0 Å². The highest BCUT2D eigenvalue weighted by atomic mass is 19.4. The minimum atomic E-state index is -5.00. The number of piperazine rings is 1. The van der Waals surface area contributed by atoms with Gasteiger partial charge in [-0.25, -0.2) is 14.8 Å². The summed E-state index contributed by atoms with van der Waals surface area (Å²) in [5.41, 5.74) is -3.56. The van der Waals surface area contributed by atoms with Crippen LogP contribution in [-0.2, 0) is 17.1 Å². The number of hydrogen-bond acceptors (Lipinski definition) is 6. The maximum Gasteiger partial charge on any atom is 0.416 e. The van der Waals surface area contributed by atoms with Crippen LogP contribution in [0.5, 0.6) is 0 Å². The van der Waals surface area contributed by atoms with Crippen molar-refractivity contribution >= 4 is 23.4 Å². The number of alkyl halides is 6. The average Bonchev–Trinajstić information content (AvgIpc) is 2.83. The number of urea groups is 1. The van der Waals surface area contributed by atoms with Gasteiger partial charge in [0.1, 0.15) is 17.5 Å². The zero-order valence-corrected chi connectivity index (χ0v) is 19.3. The van der Waals surface area contributed by atoms with Crippen molar-refractivity contribution in [2.75, 3.05) is 67.6 Å². The van der Waals surface area contributed by atoms with Gasteiger partial charge in [0.25, 0.3) is 0 Å². The maximum absolute atomic E-state index is 13.1. The van der Waals surface area contributed by atoms with E-state index in [-0.39, 0.29) is 19.2 Å². The number of morpholine rings is 1.